The van der Waals surface area contributed by atoms with Crippen LogP contribution in [0.15, 0.2) is 42.5 Å². The topological polar surface area (TPSA) is 127 Å². The third-order valence-electron chi connectivity index (χ3n) is 6.53. The zero-order chi connectivity index (χ0) is 24.3. The van der Waals surface area contributed by atoms with Gasteiger partial charge in [0.1, 0.15) is 23.5 Å². The van der Waals surface area contributed by atoms with Gasteiger partial charge in [-0.2, -0.15) is 0 Å². The minimum absolute atomic E-state index is 0.0539. The molecule has 2 aliphatic rings. The molecule has 1 saturated heterocycles. The molecule has 3 aromatic rings. The Morgan fingerprint density at radius 2 is 2.06 bits per heavy atom. The molecule has 5 rings (SSSR count). The summed E-state index contributed by atoms with van der Waals surface area (Å²) in [6.45, 7) is 5.35. The molecule has 0 saturated carbocycles. The summed E-state index contributed by atoms with van der Waals surface area (Å²) in [5.41, 5.74) is 2.31. The first-order valence-corrected chi connectivity index (χ1v) is 11.6. The lowest BCUT2D eigenvalue weighted by molar-refractivity contribution is -0.384. The molecule has 11 heteroatoms. The quantitative estimate of drug-likeness (QED) is 0.248. The second kappa shape index (κ2) is 8.03. The normalized spacial score (nSPS) is 22.6. The van der Waals surface area contributed by atoms with Crippen LogP contribution in [0.2, 0.25) is 0 Å². The Hall–Kier alpha value is -3.57. The lowest BCUT2D eigenvalue weighted by atomic mass is 9.77. The van der Waals surface area contributed by atoms with Crippen LogP contribution in [0.5, 0.6) is 0 Å². The number of aromatic nitrogens is 2. The standard InChI is InChI=1S/C23H22N4O6S/c1-11-17(16-8-25-10-24-12(2)22(25)34-16)20(26-19(11)18(13(3)28)21(26)29)23(30)33-9-14-4-6-15(7-5-14)27(31)32/h4-8,10-11,13,18-19,28H,9H2,1-3H3/t11-,13+,18+,19+/m0/s1. The fourth-order valence-electron chi connectivity index (χ4n) is 4.86. The molecule has 0 radical (unpaired) electrons. The number of aliphatic hydroxyl groups excluding tert-OH is 1. The Bertz CT molecular complexity index is 1360. The van der Waals surface area contributed by atoms with Crippen molar-refractivity contribution in [3.63, 3.8) is 0 Å². The SMILES string of the molecule is Cc1ncn2cc(C3=C(C(=O)OCc4ccc([N+](=O)[O-])cc4)N4C(=O)[C@H]([C@@H](C)O)[C@H]4[C@H]3C)sc12. The number of fused-ring (bicyclic) bond motifs is 2. The van der Waals surface area contributed by atoms with Crippen molar-refractivity contribution in [3.8, 4) is 0 Å². The number of nitrogens with zero attached hydrogens (tertiary/aromatic N) is 4. The van der Waals surface area contributed by atoms with Crippen LogP contribution in [0, 0.1) is 28.9 Å². The van der Waals surface area contributed by atoms with E-state index >= 15 is 0 Å². The minimum Gasteiger partial charge on any atom is -0.456 e. The largest absolute Gasteiger partial charge is 0.456 e. The van der Waals surface area contributed by atoms with E-state index in [1.54, 1.807) is 13.3 Å². The number of carbonyl (C=O) groups is 2. The molecule has 0 spiro atoms. The van der Waals surface area contributed by atoms with E-state index in [2.05, 4.69) is 4.98 Å². The van der Waals surface area contributed by atoms with E-state index in [0.29, 0.717) is 11.1 Å². The molecular formula is C23H22N4O6S. The number of β-lactam (4-membered cyclic amide) rings is 1. The molecular weight excluding hydrogens is 460 g/mol. The lowest BCUT2D eigenvalue weighted by Gasteiger charge is -2.46. The van der Waals surface area contributed by atoms with Crippen LogP contribution in [-0.2, 0) is 20.9 Å². The fraction of sp³-hybridized carbons (Fsp3) is 0.348. The lowest BCUT2D eigenvalue weighted by Crippen LogP contribution is -2.63. The van der Waals surface area contributed by atoms with Crippen LogP contribution >= 0.6 is 11.3 Å². The van der Waals surface area contributed by atoms with Crippen molar-refractivity contribution in [1.82, 2.24) is 14.3 Å². The number of nitro benzene ring substituents is 1. The van der Waals surface area contributed by atoms with Crippen molar-refractivity contribution in [3.05, 3.63) is 68.7 Å². The highest BCUT2D eigenvalue weighted by molar-refractivity contribution is 7.18. The van der Waals surface area contributed by atoms with Crippen molar-refractivity contribution in [2.24, 2.45) is 11.8 Å². The van der Waals surface area contributed by atoms with Gasteiger partial charge in [-0.25, -0.2) is 9.78 Å². The van der Waals surface area contributed by atoms with Crippen molar-refractivity contribution in [2.45, 2.75) is 39.5 Å². The maximum absolute atomic E-state index is 13.3. The number of thiazole rings is 1. The van der Waals surface area contributed by atoms with Crippen LogP contribution in [0.4, 0.5) is 5.69 Å². The zero-order valence-corrected chi connectivity index (χ0v) is 19.5. The fourth-order valence-corrected chi connectivity index (χ4v) is 6.03. The van der Waals surface area contributed by atoms with E-state index in [1.807, 2.05) is 24.4 Å². The number of carbonyl (C=O) groups excluding carboxylic acids is 2. The number of benzene rings is 1. The highest BCUT2D eigenvalue weighted by Gasteiger charge is 2.60. The van der Waals surface area contributed by atoms with Crippen LogP contribution in [0.3, 0.4) is 0 Å². The van der Waals surface area contributed by atoms with Gasteiger partial charge in [0.05, 0.1) is 33.6 Å². The van der Waals surface area contributed by atoms with E-state index < -0.39 is 22.9 Å². The molecule has 1 N–H and O–H groups in total. The van der Waals surface area contributed by atoms with Gasteiger partial charge in [-0.1, -0.05) is 6.92 Å². The predicted octanol–water partition coefficient (Wildman–Crippen LogP) is 2.92. The Morgan fingerprint density at radius 3 is 2.68 bits per heavy atom. The van der Waals surface area contributed by atoms with Crippen LogP contribution < -0.4 is 0 Å². The molecule has 176 valence electrons. The van der Waals surface area contributed by atoms with Crippen LogP contribution in [-0.4, -0.2) is 48.3 Å². The van der Waals surface area contributed by atoms with Gasteiger partial charge in [-0.3, -0.25) is 19.3 Å². The van der Waals surface area contributed by atoms with Crippen molar-refractivity contribution >= 4 is 39.3 Å². The summed E-state index contributed by atoms with van der Waals surface area (Å²) in [5.74, 6) is -1.71. The van der Waals surface area contributed by atoms with Crippen molar-refractivity contribution in [2.75, 3.05) is 0 Å². The molecule has 1 fully saturated rings. The number of rotatable bonds is 6. The van der Waals surface area contributed by atoms with Gasteiger partial charge in [0, 0.05) is 29.8 Å². The van der Waals surface area contributed by atoms with E-state index in [0.717, 1.165) is 15.4 Å². The zero-order valence-electron chi connectivity index (χ0n) is 18.7. The second-order valence-corrected chi connectivity index (χ2v) is 9.68. The van der Waals surface area contributed by atoms with Crippen molar-refractivity contribution < 1.29 is 24.4 Å². The molecule has 1 amide bonds. The summed E-state index contributed by atoms with van der Waals surface area (Å²) in [4.78, 5) is 44.1. The Kier molecular flexibility index (Phi) is 5.25. The number of non-ortho nitro benzene ring substituents is 1. The summed E-state index contributed by atoms with van der Waals surface area (Å²) >= 11 is 1.48. The summed E-state index contributed by atoms with van der Waals surface area (Å²) in [6.07, 6.45) is 2.76. The number of hydrogen-bond donors (Lipinski definition) is 1. The number of nitro groups is 1. The van der Waals surface area contributed by atoms with Crippen LogP contribution in [0.25, 0.3) is 10.4 Å². The summed E-state index contributed by atoms with van der Waals surface area (Å²) in [7, 11) is 0. The summed E-state index contributed by atoms with van der Waals surface area (Å²) < 4.78 is 7.44. The minimum atomic E-state index is -0.835. The Labute approximate surface area is 198 Å². The predicted molar refractivity (Wildman–Crippen MR) is 123 cm³/mol. The molecule has 2 aromatic heterocycles. The molecule has 0 aliphatic carbocycles. The van der Waals surface area contributed by atoms with Gasteiger partial charge in [0.15, 0.2) is 0 Å². The maximum atomic E-state index is 13.3. The molecule has 4 atom stereocenters. The molecule has 4 heterocycles. The molecule has 2 aliphatic heterocycles. The number of hydrogen-bond acceptors (Lipinski definition) is 8. The Morgan fingerprint density at radius 1 is 1.35 bits per heavy atom. The van der Waals surface area contributed by atoms with E-state index in [1.165, 1.54) is 40.5 Å². The first-order valence-electron chi connectivity index (χ1n) is 10.8. The number of imidazole rings is 1. The molecule has 1 aromatic carbocycles. The van der Waals surface area contributed by atoms with Gasteiger partial charge in [0.2, 0.25) is 5.91 Å². The molecule has 0 unspecified atom stereocenters. The molecule has 10 nitrogen and oxygen atoms in total. The summed E-state index contributed by atoms with van der Waals surface area (Å²) in [6, 6.07) is 5.41. The Balaban J connectivity index is 1.49. The van der Waals surface area contributed by atoms with Gasteiger partial charge < -0.3 is 14.7 Å². The van der Waals surface area contributed by atoms with Crippen LogP contribution in [0.1, 0.15) is 30.0 Å². The monoisotopic (exact) mass is 482 g/mol. The number of amides is 1. The van der Waals surface area contributed by atoms with Gasteiger partial charge >= 0.3 is 5.97 Å². The molecule has 34 heavy (non-hydrogen) atoms. The smallest absolute Gasteiger partial charge is 0.355 e. The van der Waals surface area contributed by atoms with Crippen molar-refractivity contribution in [1.29, 1.82) is 0 Å². The van der Waals surface area contributed by atoms with Gasteiger partial charge in [0.25, 0.3) is 5.69 Å². The first kappa shape index (κ1) is 22.2. The number of aliphatic hydroxyl groups is 1. The second-order valence-electron chi connectivity index (χ2n) is 8.65. The van der Waals surface area contributed by atoms with Gasteiger partial charge in [-0.05, 0) is 31.5 Å². The molecule has 0 bridgehead atoms. The van der Waals surface area contributed by atoms with E-state index in [4.69, 9.17) is 4.74 Å². The number of ether oxygens (including phenoxy) is 1. The maximum Gasteiger partial charge on any atom is 0.355 e. The average Bonchev–Trinajstić information content (AvgIpc) is 3.43. The third-order valence-corrected chi connectivity index (χ3v) is 7.78. The van der Waals surface area contributed by atoms with Gasteiger partial charge in [-0.15, -0.1) is 11.3 Å². The summed E-state index contributed by atoms with van der Waals surface area (Å²) in [5, 5.41) is 21.0. The first-order chi connectivity index (χ1) is 16.2. The highest BCUT2D eigenvalue weighted by Crippen LogP contribution is 2.51. The van der Waals surface area contributed by atoms with E-state index in [9.17, 15) is 24.8 Å². The number of esters is 1. The third kappa shape index (κ3) is 3.31. The average molecular weight is 483 g/mol. The number of aryl methyl sites for hydroxylation is 1. The highest BCUT2D eigenvalue weighted by atomic mass is 32.1. The van der Waals surface area contributed by atoms with E-state index in [-0.39, 0.29) is 35.9 Å².